The molecule has 170 valence electrons. The first-order valence-electron chi connectivity index (χ1n) is 10.8. The molecule has 5 aromatic rings. The molecule has 0 bridgehead atoms. The first-order chi connectivity index (χ1) is 16.5. The van der Waals surface area contributed by atoms with Crippen molar-refractivity contribution in [1.29, 1.82) is 0 Å². The van der Waals surface area contributed by atoms with E-state index in [1.54, 1.807) is 53.4 Å². The Bertz CT molecular complexity index is 1440. The van der Waals surface area contributed by atoms with E-state index in [-0.39, 0.29) is 18.3 Å². The zero-order valence-electron chi connectivity index (χ0n) is 18.5. The Hall–Kier alpha value is -4.46. The van der Waals surface area contributed by atoms with Crippen molar-refractivity contribution in [3.63, 3.8) is 0 Å². The molecule has 1 N–H and O–H groups in total. The third-order valence-corrected chi connectivity index (χ3v) is 5.40. The summed E-state index contributed by atoms with van der Waals surface area (Å²) in [5.74, 6) is 0.00954. The maximum atomic E-state index is 14.4. The van der Waals surface area contributed by atoms with Crippen LogP contribution in [0, 0.1) is 12.7 Å². The van der Waals surface area contributed by atoms with E-state index in [9.17, 15) is 9.18 Å². The average molecular weight is 455 g/mol. The van der Waals surface area contributed by atoms with Gasteiger partial charge in [0.2, 0.25) is 0 Å². The molecule has 0 saturated carbocycles. The average Bonchev–Trinajstić information content (AvgIpc) is 3.51. The monoisotopic (exact) mass is 455 g/mol. The molecule has 0 fully saturated rings. The smallest absolute Gasteiger partial charge is 0.251 e. The Kier molecular flexibility index (Phi) is 5.78. The van der Waals surface area contributed by atoms with Crippen LogP contribution in [0.3, 0.4) is 0 Å². The topological polar surface area (TPSA) is 73.4 Å². The lowest BCUT2D eigenvalue weighted by Crippen LogP contribution is -2.22. The molecule has 0 aliphatic carbocycles. The van der Waals surface area contributed by atoms with Crippen LogP contribution in [0.25, 0.3) is 11.3 Å². The predicted molar refractivity (Wildman–Crippen MR) is 125 cm³/mol. The fourth-order valence-electron chi connectivity index (χ4n) is 3.64. The SMILES string of the molecule is Cc1ccc2nc(COc3ccc(C(=O)NCc4ccc(-n5ccnc5)c(F)c4)cc3)cn2c1. The molecule has 0 unspecified atom stereocenters. The summed E-state index contributed by atoms with van der Waals surface area (Å²) in [6.45, 7) is 2.57. The number of carbonyl (C=O) groups is 1. The van der Waals surface area contributed by atoms with Gasteiger partial charge in [0.15, 0.2) is 0 Å². The van der Waals surface area contributed by atoms with Gasteiger partial charge in [-0.25, -0.2) is 14.4 Å². The summed E-state index contributed by atoms with van der Waals surface area (Å²) in [6, 6.07) is 15.7. The minimum absolute atomic E-state index is 0.214. The van der Waals surface area contributed by atoms with Crippen molar-refractivity contribution in [2.24, 2.45) is 0 Å². The van der Waals surface area contributed by atoms with Crippen molar-refractivity contribution in [1.82, 2.24) is 24.3 Å². The first-order valence-corrected chi connectivity index (χ1v) is 10.8. The molecule has 7 nitrogen and oxygen atoms in total. The summed E-state index contributed by atoms with van der Waals surface area (Å²) in [5, 5.41) is 2.82. The molecule has 2 aromatic carbocycles. The number of carbonyl (C=O) groups excluding carboxylic acids is 1. The third kappa shape index (κ3) is 4.66. The molecule has 0 aliphatic heterocycles. The quantitative estimate of drug-likeness (QED) is 0.393. The maximum Gasteiger partial charge on any atom is 0.251 e. The van der Waals surface area contributed by atoms with Crippen LogP contribution in [0.4, 0.5) is 4.39 Å². The Morgan fingerprint density at radius 3 is 2.71 bits per heavy atom. The summed E-state index contributed by atoms with van der Waals surface area (Å²) in [7, 11) is 0. The summed E-state index contributed by atoms with van der Waals surface area (Å²) in [4.78, 5) is 21.0. The van der Waals surface area contributed by atoms with Gasteiger partial charge in [-0.05, 0) is 60.5 Å². The number of aryl methyl sites for hydroxylation is 1. The molecule has 8 heteroatoms. The minimum atomic E-state index is -0.382. The van der Waals surface area contributed by atoms with Gasteiger partial charge in [0.05, 0.1) is 17.7 Å². The number of hydrogen-bond acceptors (Lipinski definition) is 4. The molecule has 0 aliphatic rings. The molecule has 0 atom stereocenters. The summed E-state index contributed by atoms with van der Waals surface area (Å²) < 4.78 is 23.8. The number of benzene rings is 2. The largest absolute Gasteiger partial charge is 0.487 e. The van der Waals surface area contributed by atoms with Gasteiger partial charge < -0.3 is 19.0 Å². The van der Waals surface area contributed by atoms with Crippen LogP contribution in [-0.2, 0) is 13.2 Å². The van der Waals surface area contributed by atoms with E-state index in [1.807, 2.05) is 35.9 Å². The van der Waals surface area contributed by atoms with E-state index < -0.39 is 0 Å². The van der Waals surface area contributed by atoms with E-state index in [2.05, 4.69) is 15.3 Å². The van der Waals surface area contributed by atoms with Crippen LogP contribution in [0.2, 0.25) is 0 Å². The molecular formula is C26H22FN5O2. The Labute approximate surface area is 195 Å². The number of halogens is 1. The van der Waals surface area contributed by atoms with Crippen molar-refractivity contribution in [3.05, 3.63) is 114 Å². The number of imidazole rings is 2. The number of pyridine rings is 1. The molecular weight excluding hydrogens is 433 g/mol. The second-order valence-corrected chi connectivity index (χ2v) is 7.96. The molecule has 5 rings (SSSR count). The zero-order chi connectivity index (χ0) is 23.5. The van der Waals surface area contributed by atoms with Gasteiger partial charge in [-0.3, -0.25) is 4.79 Å². The fourth-order valence-corrected chi connectivity index (χ4v) is 3.64. The molecule has 3 aromatic heterocycles. The lowest BCUT2D eigenvalue weighted by Gasteiger charge is -2.09. The lowest BCUT2D eigenvalue weighted by molar-refractivity contribution is 0.0951. The molecule has 0 radical (unpaired) electrons. The molecule has 0 spiro atoms. The Morgan fingerprint density at radius 2 is 1.94 bits per heavy atom. The highest BCUT2D eigenvalue weighted by Gasteiger charge is 2.09. The minimum Gasteiger partial charge on any atom is -0.487 e. The first kappa shape index (κ1) is 21.4. The zero-order valence-corrected chi connectivity index (χ0v) is 18.5. The van der Waals surface area contributed by atoms with E-state index >= 15 is 0 Å². The van der Waals surface area contributed by atoms with E-state index in [0.29, 0.717) is 29.2 Å². The van der Waals surface area contributed by atoms with Gasteiger partial charge >= 0.3 is 0 Å². The highest BCUT2D eigenvalue weighted by molar-refractivity contribution is 5.94. The lowest BCUT2D eigenvalue weighted by atomic mass is 10.1. The number of fused-ring (bicyclic) bond motifs is 1. The van der Waals surface area contributed by atoms with Crippen molar-refractivity contribution < 1.29 is 13.9 Å². The van der Waals surface area contributed by atoms with Crippen LogP contribution in [-0.4, -0.2) is 24.8 Å². The predicted octanol–water partition coefficient (Wildman–Crippen LogP) is 4.48. The van der Waals surface area contributed by atoms with E-state index in [0.717, 1.165) is 16.9 Å². The Morgan fingerprint density at radius 1 is 1.09 bits per heavy atom. The van der Waals surface area contributed by atoms with Crippen LogP contribution in [0.5, 0.6) is 5.75 Å². The highest BCUT2D eigenvalue weighted by atomic mass is 19.1. The van der Waals surface area contributed by atoms with Crippen LogP contribution >= 0.6 is 0 Å². The summed E-state index contributed by atoms with van der Waals surface area (Å²) >= 11 is 0. The standard InChI is InChI=1S/C26H22FN5O2/c1-18-2-9-25-30-21(15-32(25)14-18)16-34-22-6-4-20(5-7-22)26(33)29-13-19-3-8-24(23(27)12-19)31-11-10-28-17-31/h2-12,14-15,17H,13,16H2,1H3,(H,29,33). The molecule has 3 heterocycles. The molecule has 0 saturated heterocycles. The fraction of sp³-hybridized carbons (Fsp3) is 0.115. The van der Waals surface area contributed by atoms with Crippen LogP contribution < -0.4 is 10.1 Å². The third-order valence-electron chi connectivity index (χ3n) is 5.40. The highest BCUT2D eigenvalue weighted by Crippen LogP contribution is 2.17. The number of amides is 1. The normalized spacial score (nSPS) is 11.0. The number of nitrogens with zero attached hydrogens (tertiary/aromatic N) is 4. The Balaban J connectivity index is 1.16. The number of aromatic nitrogens is 4. The van der Waals surface area contributed by atoms with E-state index in [4.69, 9.17) is 4.74 Å². The van der Waals surface area contributed by atoms with Crippen molar-refractivity contribution >= 4 is 11.6 Å². The number of ether oxygens (including phenoxy) is 1. The molecule has 34 heavy (non-hydrogen) atoms. The summed E-state index contributed by atoms with van der Waals surface area (Å²) in [6.07, 6.45) is 8.75. The van der Waals surface area contributed by atoms with Crippen LogP contribution in [0.1, 0.15) is 27.2 Å². The van der Waals surface area contributed by atoms with Gasteiger partial charge in [-0.2, -0.15) is 0 Å². The van der Waals surface area contributed by atoms with Crippen LogP contribution in [0.15, 0.2) is 85.7 Å². The van der Waals surface area contributed by atoms with E-state index in [1.165, 1.54) is 12.4 Å². The second kappa shape index (κ2) is 9.19. The van der Waals surface area contributed by atoms with Crippen molar-refractivity contribution in [2.75, 3.05) is 0 Å². The summed E-state index contributed by atoms with van der Waals surface area (Å²) in [5.41, 5.74) is 4.40. The van der Waals surface area contributed by atoms with Gasteiger partial charge in [0, 0.05) is 36.9 Å². The number of rotatable bonds is 7. The van der Waals surface area contributed by atoms with Gasteiger partial charge in [-0.1, -0.05) is 12.1 Å². The van der Waals surface area contributed by atoms with Gasteiger partial charge in [0.1, 0.15) is 23.8 Å². The second-order valence-electron chi connectivity index (χ2n) is 7.96. The van der Waals surface area contributed by atoms with Gasteiger partial charge in [0.25, 0.3) is 5.91 Å². The van der Waals surface area contributed by atoms with Gasteiger partial charge in [-0.15, -0.1) is 0 Å². The number of nitrogens with one attached hydrogen (secondary N) is 1. The maximum absolute atomic E-state index is 14.4. The number of hydrogen-bond donors (Lipinski definition) is 1. The van der Waals surface area contributed by atoms with Crippen molar-refractivity contribution in [3.8, 4) is 11.4 Å². The molecule has 1 amide bonds. The van der Waals surface area contributed by atoms with Crippen molar-refractivity contribution in [2.45, 2.75) is 20.1 Å².